The van der Waals surface area contributed by atoms with Gasteiger partial charge in [-0.15, -0.1) is 0 Å². The molecule has 0 amide bonds. The first kappa shape index (κ1) is 12.1. The molecule has 0 aromatic heterocycles. The fraction of sp³-hybridized carbons (Fsp3) is 1.00. The van der Waals surface area contributed by atoms with Crippen molar-refractivity contribution in [1.29, 1.82) is 0 Å². The Morgan fingerprint density at radius 2 is 1.57 bits per heavy atom. The molecule has 0 spiro atoms. The Labute approximate surface area is 90.5 Å². The highest BCUT2D eigenvalue weighted by Gasteiger charge is 2.30. The molecule has 4 atom stereocenters. The van der Waals surface area contributed by atoms with Crippen molar-refractivity contribution < 1.29 is 0 Å². The molecule has 1 saturated carbocycles. The first-order valence-electron chi connectivity index (χ1n) is 6.69. The summed E-state index contributed by atoms with van der Waals surface area (Å²) in [7, 11) is 0. The van der Waals surface area contributed by atoms with Gasteiger partial charge in [0.1, 0.15) is 0 Å². The minimum absolute atomic E-state index is 0.967. The lowest BCUT2D eigenvalue weighted by atomic mass is 9.85. The van der Waals surface area contributed by atoms with Crippen LogP contribution in [0.4, 0.5) is 0 Å². The van der Waals surface area contributed by atoms with Crippen molar-refractivity contribution >= 4 is 0 Å². The topological polar surface area (TPSA) is 0 Å². The molecule has 1 fully saturated rings. The van der Waals surface area contributed by atoms with E-state index >= 15 is 0 Å². The van der Waals surface area contributed by atoms with E-state index < -0.39 is 0 Å². The summed E-state index contributed by atoms with van der Waals surface area (Å²) in [5.74, 6) is 4.04. The molecule has 0 aromatic carbocycles. The highest BCUT2D eigenvalue weighted by Crippen LogP contribution is 2.41. The maximum absolute atomic E-state index is 2.47. The molecular formula is C14H28. The smallest absolute Gasteiger partial charge is 0.0386 e. The molecule has 14 heavy (non-hydrogen) atoms. The van der Waals surface area contributed by atoms with Crippen LogP contribution in [-0.2, 0) is 0 Å². The summed E-state index contributed by atoms with van der Waals surface area (Å²) in [4.78, 5) is 0. The molecule has 0 heterocycles. The molecule has 0 saturated heterocycles. The van der Waals surface area contributed by atoms with Gasteiger partial charge in [-0.2, -0.15) is 0 Å². The van der Waals surface area contributed by atoms with E-state index in [1.807, 2.05) is 0 Å². The predicted octanol–water partition coefficient (Wildman–Crippen LogP) is 4.89. The van der Waals surface area contributed by atoms with E-state index in [2.05, 4.69) is 27.7 Å². The molecule has 0 bridgehead atoms. The Kier molecular flexibility index (Phi) is 4.98. The maximum Gasteiger partial charge on any atom is -0.0386 e. The Bertz CT molecular complexity index is 150. The number of rotatable bonds is 5. The summed E-state index contributed by atoms with van der Waals surface area (Å²) in [6, 6.07) is 0. The molecule has 1 aliphatic rings. The molecule has 1 rings (SSSR count). The molecule has 4 unspecified atom stereocenters. The van der Waals surface area contributed by atoms with Gasteiger partial charge in [0, 0.05) is 0 Å². The van der Waals surface area contributed by atoms with E-state index in [9.17, 15) is 0 Å². The van der Waals surface area contributed by atoms with Crippen LogP contribution in [0.3, 0.4) is 0 Å². The third-order valence-corrected chi connectivity index (χ3v) is 4.51. The Morgan fingerprint density at radius 1 is 1.00 bits per heavy atom. The molecule has 0 nitrogen and oxygen atoms in total. The summed E-state index contributed by atoms with van der Waals surface area (Å²) in [5.41, 5.74) is 0. The van der Waals surface area contributed by atoms with Crippen LogP contribution >= 0.6 is 0 Å². The van der Waals surface area contributed by atoms with Crippen molar-refractivity contribution in [3.8, 4) is 0 Å². The lowest BCUT2D eigenvalue weighted by molar-refractivity contribution is 0.298. The van der Waals surface area contributed by atoms with Gasteiger partial charge in [0.25, 0.3) is 0 Å². The lowest BCUT2D eigenvalue weighted by Gasteiger charge is -2.21. The van der Waals surface area contributed by atoms with Gasteiger partial charge < -0.3 is 0 Å². The Balaban J connectivity index is 2.33. The molecule has 0 N–H and O–H groups in total. The number of hydrogen-bond donors (Lipinski definition) is 0. The summed E-state index contributed by atoms with van der Waals surface area (Å²) >= 11 is 0. The van der Waals surface area contributed by atoms with Crippen molar-refractivity contribution in [2.75, 3.05) is 0 Å². The summed E-state index contributed by atoms with van der Waals surface area (Å²) < 4.78 is 0. The van der Waals surface area contributed by atoms with Gasteiger partial charge in [-0.3, -0.25) is 0 Å². The van der Waals surface area contributed by atoms with E-state index in [4.69, 9.17) is 0 Å². The van der Waals surface area contributed by atoms with Gasteiger partial charge in [-0.05, 0) is 42.9 Å². The van der Waals surface area contributed by atoms with Crippen molar-refractivity contribution in [3.05, 3.63) is 0 Å². The van der Waals surface area contributed by atoms with Gasteiger partial charge in [0.15, 0.2) is 0 Å². The van der Waals surface area contributed by atoms with E-state index in [1.165, 1.54) is 38.5 Å². The molecule has 0 heteroatoms. The van der Waals surface area contributed by atoms with Crippen LogP contribution in [0.25, 0.3) is 0 Å². The van der Waals surface area contributed by atoms with E-state index in [0.717, 1.165) is 23.7 Å². The summed E-state index contributed by atoms with van der Waals surface area (Å²) in [5, 5.41) is 0. The van der Waals surface area contributed by atoms with Gasteiger partial charge in [0.2, 0.25) is 0 Å². The van der Waals surface area contributed by atoms with Gasteiger partial charge in [-0.25, -0.2) is 0 Å². The SMILES string of the molecule is CCCC(C)C1CCC(C(C)CC)C1. The molecule has 0 radical (unpaired) electrons. The minimum atomic E-state index is 0.967. The van der Waals surface area contributed by atoms with Crippen molar-refractivity contribution in [3.63, 3.8) is 0 Å². The zero-order valence-electron chi connectivity index (χ0n) is 10.6. The highest BCUT2D eigenvalue weighted by atomic mass is 14.4. The first-order valence-corrected chi connectivity index (χ1v) is 6.69. The van der Waals surface area contributed by atoms with E-state index in [-0.39, 0.29) is 0 Å². The van der Waals surface area contributed by atoms with Crippen LogP contribution in [0.2, 0.25) is 0 Å². The quantitative estimate of drug-likeness (QED) is 0.587. The third-order valence-electron chi connectivity index (χ3n) is 4.51. The molecular weight excluding hydrogens is 168 g/mol. The van der Waals surface area contributed by atoms with Crippen LogP contribution in [0.1, 0.15) is 66.2 Å². The standard InChI is InChI=1S/C14H28/c1-5-7-12(4)14-9-8-13(10-14)11(3)6-2/h11-14H,5-10H2,1-4H3. The highest BCUT2D eigenvalue weighted by molar-refractivity contribution is 4.81. The van der Waals surface area contributed by atoms with Crippen LogP contribution in [-0.4, -0.2) is 0 Å². The Hall–Kier alpha value is 0. The van der Waals surface area contributed by atoms with Crippen molar-refractivity contribution in [1.82, 2.24) is 0 Å². The number of hydrogen-bond acceptors (Lipinski definition) is 0. The molecule has 1 aliphatic carbocycles. The Morgan fingerprint density at radius 3 is 2.07 bits per heavy atom. The van der Waals surface area contributed by atoms with Gasteiger partial charge in [-0.1, -0.05) is 47.0 Å². The monoisotopic (exact) mass is 196 g/mol. The van der Waals surface area contributed by atoms with Gasteiger partial charge >= 0.3 is 0 Å². The van der Waals surface area contributed by atoms with Gasteiger partial charge in [0.05, 0.1) is 0 Å². The maximum atomic E-state index is 2.47. The van der Waals surface area contributed by atoms with Crippen molar-refractivity contribution in [2.24, 2.45) is 23.7 Å². The fourth-order valence-corrected chi connectivity index (χ4v) is 3.11. The van der Waals surface area contributed by atoms with Crippen LogP contribution in [0.15, 0.2) is 0 Å². The normalized spacial score (nSPS) is 31.7. The van der Waals surface area contributed by atoms with Crippen LogP contribution < -0.4 is 0 Å². The minimum Gasteiger partial charge on any atom is -0.0654 e. The second-order valence-electron chi connectivity index (χ2n) is 5.48. The van der Waals surface area contributed by atoms with Crippen molar-refractivity contribution in [2.45, 2.75) is 66.2 Å². The largest absolute Gasteiger partial charge is 0.0654 e. The molecule has 84 valence electrons. The zero-order valence-corrected chi connectivity index (χ0v) is 10.6. The summed E-state index contributed by atoms with van der Waals surface area (Å²) in [6.45, 7) is 9.57. The average Bonchev–Trinajstić information content (AvgIpc) is 2.66. The molecule has 0 aliphatic heterocycles. The molecule has 0 aromatic rings. The first-order chi connectivity index (χ1) is 6.69. The van der Waals surface area contributed by atoms with E-state index in [0.29, 0.717) is 0 Å². The average molecular weight is 196 g/mol. The predicted molar refractivity (Wildman–Crippen MR) is 64.4 cm³/mol. The third kappa shape index (κ3) is 3.00. The van der Waals surface area contributed by atoms with E-state index in [1.54, 1.807) is 0 Å². The van der Waals surface area contributed by atoms with Crippen LogP contribution in [0, 0.1) is 23.7 Å². The zero-order chi connectivity index (χ0) is 10.6. The second-order valence-corrected chi connectivity index (χ2v) is 5.48. The summed E-state index contributed by atoms with van der Waals surface area (Å²) in [6.07, 6.45) is 8.73. The second kappa shape index (κ2) is 5.78. The van der Waals surface area contributed by atoms with Crippen LogP contribution in [0.5, 0.6) is 0 Å². The fourth-order valence-electron chi connectivity index (χ4n) is 3.11. The lowest BCUT2D eigenvalue weighted by Crippen LogP contribution is -2.11.